The Kier molecular flexibility index (Phi) is 5.56. The average Bonchev–Trinajstić information content (AvgIpc) is 3.33. The van der Waals surface area contributed by atoms with Crippen LogP contribution in [0.3, 0.4) is 0 Å². The molecular formula is C18H22N6O. The van der Waals surface area contributed by atoms with Gasteiger partial charge in [0.05, 0.1) is 18.1 Å². The number of hydrogen-bond acceptors (Lipinski definition) is 4. The van der Waals surface area contributed by atoms with E-state index in [9.17, 15) is 4.79 Å². The number of rotatable bonds is 8. The highest BCUT2D eigenvalue weighted by atomic mass is 16.2. The second-order valence-corrected chi connectivity index (χ2v) is 5.82. The summed E-state index contributed by atoms with van der Waals surface area (Å²) >= 11 is 0. The Labute approximate surface area is 146 Å². The number of aryl methyl sites for hydroxylation is 2. The van der Waals surface area contributed by atoms with Gasteiger partial charge in [0, 0.05) is 57.2 Å². The van der Waals surface area contributed by atoms with Gasteiger partial charge in [-0.3, -0.25) is 14.5 Å². The maximum atomic E-state index is 12.9. The number of aromatic nitrogens is 5. The molecule has 3 rings (SSSR count). The van der Waals surface area contributed by atoms with Crippen LogP contribution >= 0.6 is 0 Å². The number of pyridine rings is 1. The van der Waals surface area contributed by atoms with Crippen molar-refractivity contribution < 1.29 is 4.79 Å². The van der Waals surface area contributed by atoms with Crippen molar-refractivity contribution in [3.8, 4) is 0 Å². The molecular weight excluding hydrogens is 316 g/mol. The van der Waals surface area contributed by atoms with E-state index in [-0.39, 0.29) is 5.91 Å². The summed E-state index contributed by atoms with van der Waals surface area (Å²) in [5, 5.41) is 4.21. The molecule has 0 bridgehead atoms. The Morgan fingerprint density at radius 3 is 2.72 bits per heavy atom. The van der Waals surface area contributed by atoms with Crippen LogP contribution in [0.5, 0.6) is 0 Å². The molecule has 0 atom stereocenters. The summed E-state index contributed by atoms with van der Waals surface area (Å²) in [6.45, 7) is 4.80. The van der Waals surface area contributed by atoms with E-state index in [0.29, 0.717) is 18.7 Å². The minimum Gasteiger partial charge on any atom is -0.337 e. The van der Waals surface area contributed by atoms with Crippen LogP contribution in [0.1, 0.15) is 29.3 Å². The highest BCUT2D eigenvalue weighted by molar-refractivity contribution is 5.93. The molecule has 0 saturated carbocycles. The highest BCUT2D eigenvalue weighted by Gasteiger charge is 2.17. The average molecular weight is 338 g/mol. The molecule has 0 aliphatic carbocycles. The second-order valence-electron chi connectivity index (χ2n) is 5.82. The van der Waals surface area contributed by atoms with Crippen LogP contribution in [0.2, 0.25) is 0 Å². The molecule has 0 aliphatic rings. The molecule has 0 aromatic carbocycles. The smallest absolute Gasteiger partial charge is 0.257 e. The Morgan fingerprint density at radius 1 is 1.20 bits per heavy atom. The number of hydrogen-bond donors (Lipinski definition) is 0. The summed E-state index contributed by atoms with van der Waals surface area (Å²) in [6, 6.07) is 3.87. The lowest BCUT2D eigenvalue weighted by Gasteiger charge is -2.22. The highest BCUT2D eigenvalue weighted by Crippen LogP contribution is 2.11. The van der Waals surface area contributed by atoms with Gasteiger partial charge in [0.25, 0.3) is 5.91 Å². The third-order valence-corrected chi connectivity index (χ3v) is 4.02. The molecule has 130 valence electrons. The molecule has 3 aromatic heterocycles. The maximum absolute atomic E-state index is 12.9. The lowest BCUT2D eigenvalue weighted by atomic mass is 10.2. The van der Waals surface area contributed by atoms with Crippen LogP contribution in [0.25, 0.3) is 0 Å². The minimum absolute atomic E-state index is 0.00198. The zero-order valence-corrected chi connectivity index (χ0v) is 14.3. The van der Waals surface area contributed by atoms with Crippen molar-refractivity contribution in [2.75, 3.05) is 6.54 Å². The Hall–Kier alpha value is -2.96. The molecule has 0 N–H and O–H groups in total. The van der Waals surface area contributed by atoms with Gasteiger partial charge in [0.2, 0.25) is 0 Å². The van der Waals surface area contributed by atoms with Gasteiger partial charge in [-0.25, -0.2) is 4.98 Å². The fourth-order valence-corrected chi connectivity index (χ4v) is 2.65. The van der Waals surface area contributed by atoms with Gasteiger partial charge in [-0.15, -0.1) is 0 Å². The van der Waals surface area contributed by atoms with Gasteiger partial charge < -0.3 is 9.47 Å². The van der Waals surface area contributed by atoms with Gasteiger partial charge in [0.15, 0.2) is 0 Å². The largest absolute Gasteiger partial charge is 0.337 e. The number of imidazole rings is 1. The van der Waals surface area contributed by atoms with Gasteiger partial charge >= 0.3 is 0 Å². The third-order valence-electron chi connectivity index (χ3n) is 4.02. The zero-order chi connectivity index (χ0) is 17.5. The molecule has 0 spiro atoms. The van der Waals surface area contributed by atoms with Crippen LogP contribution in [-0.2, 0) is 19.6 Å². The molecule has 0 fully saturated rings. The van der Waals surface area contributed by atoms with E-state index < -0.39 is 0 Å². The molecule has 3 heterocycles. The fourth-order valence-electron chi connectivity index (χ4n) is 2.65. The first kappa shape index (κ1) is 16.9. The van der Waals surface area contributed by atoms with Crippen LogP contribution in [0, 0.1) is 0 Å². The van der Waals surface area contributed by atoms with E-state index in [4.69, 9.17) is 0 Å². The van der Waals surface area contributed by atoms with Gasteiger partial charge in [-0.2, -0.15) is 5.10 Å². The monoisotopic (exact) mass is 338 g/mol. The number of amides is 1. The molecule has 0 aliphatic heterocycles. The van der Waals surface area contributed by atoms with Crippen LogP contribution in [0.15, 0.2) is 55.6 Å². The molecule has 7 nitrogen and oxygen atoms in total. The molecule has 25 heavy (non-hydrogen) atoms. The summed E-state index contributed by atoms with van der Waals surface area (Å²) < 4.78 is 3.79. The first-order valence-corrected chi connectivity index (χ1v) is 8.42. The predicted molar refractivity (Wildman–Crippen MR) is 93.7 cm³/mol. The zero-order valence-electron chi connectivity index (χ0n) is 14.3. The summed E-state index contributed by atoms with van der Waals surface area (Å²) in [4.78, 5) is 22.9. The lowest BCUT2D eigenvalue weighted by Crippen LogP contribution is -2.32. The van der Waals surface area contributed by atoms with E-state index in [2.05, 4.69) is 15.1 Å². The minimum atomic E-state index is 0.00198. The van der Waals surface area contributed by atoms with Gasteiger partial charge in [0.1, 0.15) is 0 Å². The molecule has 1 amide bonds. The molecule has 0 radical (unpaired) electrons. The van der Waals surface area contributed by atoms with Gasteiger partial charge in [-0.05, 0) is 31.0 Å². The Balaban J connectivity index is 1.69. The van der Waals surface area contributed by atoms with Crippen molar-refractivity contribution in [2.45, 2.75) is 33.0 Å². The molecule has 7 heteroatoms. The number of nitrogens with zero attached hydrogens (tertiary/aromatic N) is 6. The molecule has 3 aromatic rings. The number of carbonyl (C=O) groups is 1. The molecule has 0 unspecified atom stereocenters. The van der Waals surface area contributed by atoms with Crippen LogP contribution in [0.4, 0.5) is 0 Å². The van der Waals surface area contributed by atoms with Gasteiger partial charge in [-0.1, -0.05) is 0 Å². The lowest BCUT2D eigenvalue weighted by molar-refractivity contribution is 0.0739. The van der Waals surface area contributed by atoms with E-state index in [1.807, 2.05) is 34.7 Å². The molecule has 0 saturated heterocycles. The first-order chi connectivity index (χ1) is 12.3. The quantitative estimate of drug-likeness (QED) is 0.631. The van der Waals surface area contributed by atoms with E-state index >= 15 is 0 Å². The summed E-state index contributed by atoms with van der Waals surface area (Å²) in [5.41, 5.74) is 1.69. The maximum Gasteiger partial charge on any atom is 0.257 e. The van der Waals surface area contributed by atoms with Crippen molar-refractivity contribution >= 4 is 5.91 Å². The normalized spacial score (nSPS) is 10.8. The summed E-state index contributed by atoms with van der Waals surface area (Å²) in [5.74, 6) is 0.00198. The van der Waals surface area contributed by atoms with Crippen molar-refractivity contribution in [3.63, 3.8) is 0 Å². The Morgan fingerprint density at radius 2 is 2.04 bits per heavy atom. The Bertz CT molecular complexity index is 781. The standard InChI is InChI=1S/C18H22N6O/c1-2-24-14-17(12-21-24)18(25)23(13-16-4-6-19-7-5-16)10-3-9-22-11-8-20-15-22/h4-8,11-12,14-15H,2-3,9-10,13H2,1H3. The SMILES string of the molecule is CCn1cc(C(=O)N(CCCn2ccnc2)Cc2ccncc2)cn1. The van der Waals surface area contributed by atoms with Crippen molar-refractivity contribution in [2.24, 2.45) is 0 Å². The van der Waals surface area contributed by atoms with Crippen LogP contribution in [-0.4, -0.2) is 41.7 Å². The fraction of sp³-hybridized carbons (Fsp3) is 0.333. The van der Waals surface area contributed by atoms with Crippen molar-refractivity contribution in [1.29, 1.82) is 0 Å². The van der Waals surface area contributed by atoms with Crippen molar-refractivity contribution in [3.05, 3.63) is 66.8 Å². The first-order valence-electron chi connectivity index (χ1n) is 8.42. The predicted octanol–water partition coefficient (Wildman–Crippen LogP) is 2.23. The van der Waals surface area contributed by atoms with Crippen LogP contribution < -0.4 is 0 Å². The van der Waals surface area contributed by atoms with E-state index in [1.54, 1.807) is 42.0 Å². The topological polar surface area (TPSA) is 68.8 Å². The van der Waals surface area contributed by atoms with E-state index in [1.165, 1.54) is 0 Å². The second kappa shape index (κ2) is 8.23. The summed E-state index contributed by atoms with van der Waals surface area (Å²) in [6.07, 6.45) is 13.3. The number of carbonyl (C=O) groups excluding carboxylic acids is 1. The van der Waals surface area contributed by atoms with E-state index in [0.717, 1.165) is 25.1 Å². The summed E-state index contributed by atoms with van der Waals surface area (Å²) in [7, 11) is 0. The van der Waals surface area contributed by atoms with Crippen molar-refractivity contribution in [1.82, 2.24) is 29.2 Å². The third kappa shape index (κ3) is 4.53.